The normalized spacial score (nSPS) is 18.1. The van der Waals surface area contributed by atoms with Crippen LogP contribution in [0.4, 0.5) is 5.69 Å². The number of aryl methyl sites for hydroxylation is 1. The Hall–Kier alpha value is -3.37. The van der Waals surface area contributed by atoms with E-state index in [1.807, 2.05) is 54.6 Å². The second-order valence-corrected chi connectivity index (χ2v) is 7.54. The number of carbonyl (C=O) groups excluding carboxylic acids is 2. The third-order valence-corrected chi connectivity index (χ3v) is 5.55. The summed E-state index contributed by atoms with van der Waals surface area (Å²) in [7, 11) is 0. The van der Waals surface area contributed by atoms with Crippen LogP contribution in [0.25, 0.3) is 5.76 Å². The van der Waals surface area contributed by atoms with Crippen molar-refractivity contribution in [2.24, 2.45) is 0 Å². The number of aliphatic hydroxyl groups is 1. The van der Waals surface area contributed by atoms with Crippen LogP contribution < -0.4 is 4.90 Å². The number of aliphatic hydroxyl groups excluding tert-OH is 1. The van der Waals surface area contributed by atoms with Gasteiger partial charge in [0.1, 0.15) is 5.76 Å². The maximum atomic E-state index is 13.1. The highest BCUT2D eigenvalue weighted by Gasteiger charge is 2.46. The summed E-state index contributed by atoms with van der Waals surface area (Å²) in [6, 6.07) is 22.6. The van der Waals surface area contributed by atoms with E-state index in [4.69, 9.17) is 11.6 Å². The number of amides is 1. The maximum absolute atomic E-state index is 13.1. The van der Waals surface area contributed by atoms with Gasteiger partial charge in [0.25, 0.3) is 11.7 Å². The third kappa shape index (κ3) is 3.51. The van der Waals surface area contributed by atoms with E-state index in [0.717, 1.165) is 17.5 Å². The topological polar surface area (TPSA) is 57.6 Å². The van der Waals surface area contributed by atoms with Crippen molar-refractivity contribution in [1.29, 1.82) is 0 Å². The molecule has 150 valence electrons. The van der Waals surface area contributed by atoms with Crippen LogP contribution in [0.15, 0.2) is 84.4 Å². The summed E-state index contributed by atoms with van der Waals surface area (Å²) in [4.78, 5) is 27.6. The first kappa shape index (κ1) is 19.9. The lowest BCUT2D eigenvalue weighted by Gasteiger charge is -2.25. The quantitative estimate of drug-likeness (QED) is 0.345. The predicted molar refractivity (Wildman–Crippen MR) is 118 cm³/mol. The number of carbonyl (C=O) groups is 2. The van der Waals surface area contributed by atoms with Crippen molar-refractivity contribution in [2.75, 3.05) is 4.90 Å². The van der Waals surface area contributed by atoms with Gasteiger partial charge >= 0.3 is 0 Å². The number of benzene rings is 3. The summed E-state index contributed by atoms with van der Waals surface area (Å²) in [6.07, 6.45) is 0.873. The lowest BCUT2D eigenvalue weighted by atomic mass is 9.95. The smallest absolute Gasteiger partial charge is 0.300 e. The number of nitrogens with zero attached hydrogens (tertiary/aromatic N) is 1. The molecule has 0 radical (unpaired) electrons. The van der Waals surface area contributed by atoms with Gasteiger partial charge in [-0.3, -0.25) is 14.5 Å². The molecule has 1 aliphatic heterocycles. The van der Waals surface area contributed by atoms with E-state index in [2.05, 4.69) is 6.92 Å². The highest BCUT2D eigenvalue weighted by atomic mass is 35.5. The standard InChI is InChI=1S/C25H20ClNO3/c1-2-16-8-14-20(15-9-16)27-22(17-6-4-3-5-7-17)21(24(29)25(27)30)23(28)18-10-12-19(26)13-11-18/h3-15,22,28H,2H2,1H3/b23-21+. The Labute approximate surface area is 180 Å². The number of ketones is 1. The SMILES string of the molecule is CCc1ccc(N2C(=O)C(=O)/C(=C(/O)c3ccc(Cl)cc3)C2c2ccccc2)cc1. The van der Waals surface area contributed by atoms with E-state index in [9.17, 15) is 14.7 Å². The molecule has 0 saturated carbocycles. The van der Waals surface area contributed by atoms with Crippen LogP contribution in [0.1, 0.15) is 29.7 Å². The summed E-state index contributed by atoms with van der Waals surface area (Å²) in [5.41, 5.74) is 2.98. The van der Waals surface area contributed by atoms with Crippen molar-refractivity contribution in [2.45, 2.75) is 19.4 Å². The van der Waals surface area contributed by atoms with Crippen molar-refractivity contribution in [1.82, 2.24) is 0 Å². The molecule has 1 aliphatic rings. The number of Topliss-reactive ketones (excluding diaryl/α,β-unsaturated/α-hetero) is 1. The van der Waals surface area contributed by atoms with E-state index in [0.29, 0.717) is 16.3 Å². The Morgan fingerprint density at radius 3 is 2.17 bits per heavy atom. The second kappa shape index (κ2) is 8.17. The van der Waals surface area contributed by atoms with Crippen molar-refractivity contribution in [3.63, 3.8) is 0 Å². The van der Waals surface area contributed by atoms with Gasteiger partial charge in [-0.25, -0.2) is 0 Å². The number of rotatable bonds is 4. The van der Waals surface area contributed by atoms with Gasteiger partial charge in [-0.1, -0.05) is 61.0 Å². The van der Waals surface area contributed by atoms with Crippen LogP contribution in [0.5, 0.6) is 0 Å². The van der Waals surface area contributed by atoms with Gasteiger partial charge in [0.2, 0.25) is 0 Å². The molecule has 4 rings (SSSR count). The molecule has 1 heterocycles. The van der Waals surface area contributed by atoms with Gasteiger partial charge in [-0.15, -0.1) is 0 Å². The molecule has 0 aromatic heterocycles. The zero-order valence-corrected chi connectivity index (χ0v) is 17.1. The van der Waals surface area contributed by atoms with Crippen LogP contribution in [0.2, 0.25) is 5.02 Å². The van der Waals surface area contributed by atoms with Crippen molar-refractivity contribution < 1.29 is 14.7 Å². The first-order valence-corrected chi connectivity index (χ1v) is 10.1. The van der Waals surface area contributed by atoms with Crippen molar-refractivity contribution in [3.8, 4) is 0 Å². The Morgan fingerprint density at radius 2 is 1.57 bits per heavy atom. The molecule has 1 N–H and O–H groups in total. The van der Waals surface area contributed by atoms with Crippen LogP contribution in [-0.4, -0.2) is 16.8 Å². The third-order valence-electron chi connectivity index (χ3n) is 5.30. The summed E-state index contributed by atoms with van der Waals surface area (Å²) < 4.78 is 0. The molecule has 0 aliphatic carbocycles. The molecule has 0 spiro atoms. The van der Waals surface area contributed by atoms with Gasteiger partial charge in [0.15, 0.2) is 0 Å². The maximum Gasteiger partial charge on any atom is 0.300 e. The fourth-order valence-electron chi connectivity index (χ4n) is 3.71. The highest BCUT2D eigenvalue weighted by molar-refractivity contribution is 6.51. The molecule has 1 saturated heterocycles. The van der Waals surface area contributed by atoms with E-state index in [-0.39, 0.29) is 11.3 Å². The molecule has 5 heteroatoms. The van der Waals surface area contributed by atoms with Crippen LogP contribution in [-0.2, 0) is 16.0 Å². The Bertz CT molecular complexity index is 1120. The first-order chi connectivity index (χ1) is 14.5. The van der Waals surface area contributed by atoms with Crippen molar-refractivity contribution >= 4 is 34.7 Å². The summed E-state index contributed by atoms with van der Waals surface area (Å²) >= 11 is 5.95. The van der Waals surface area contributed by atoms with Gasteiger partial charge in [-0.2, -0.15) is 0 Å². The summed E-state index contributed by atoms with van der Waals surface area (Å²) in [6.45, 7) is 2.05. The predicted octanol–water partition coefficient (Wildman–Crippen LogP) is 5.53. The minimum absolute atomic E-state index is 0.0630. The average Bonchev–Trinajstić information content (AvgIpc) is 3.05. The number of hydrogen-bond acceptors (Lipinski definition) is 3. The number of anilines is 1. The molecule has 3 aromatic rings. The Balaban J connectivity index is 1.90. The molecule has 1 fully saturated rings. The van der Waals surface area contributed by atoms with Gasteiger partial charge in [0, 0.05) is 16.3 Å². The van der Waals surface area contributed by atoms with Gasteiger partial charge in [-0.05, 0) is 53.9 Å². The average molecular weight is 418 g/mol. The van der Waals surface area contributed by atoms with E-state index in [1.165, 1.54) is 4.90 Å². The Morgan fingerprint density at radius 1 is 0.933 bits per heavy atom. The molecular formula is C25H20ClNO3. The molecule has 1 amide bonds. The fraction of sp³-hybridized carbons (Fsp3) is 0.120. The Kier molecular flexibility index (Phi) is 5.42. The van der Waals surface area contributed by atoms with Gasteiger partial charge in [0.05, 0.1) is 11.6 Å². The molecule has 3 aromatic carbocycles. The van der Waals surface area contributed by atoms with E-state index in [1.54, 1.807) is 24.3 Å². The molecule has 1 unspecified atom stereocenters. The van der Waals surface area contributed by atoms with E-state index >= 15 is 0 Å². The fourth-order valence-corrected chi connectivity index (χ4v) is 3.83. The van der Waals surface area contributed by atoms with Crippen LogP contribution in [0.3, 0.4) is 0 Å². The lowest BCUT2D eigenvalue weighted by molar-refractivity contribution is -0.132. The summed E-state index contributed by atoms with van der Waals surface area (Å²) in [5, 5.41) is 11.5. The van der Waals surface area contributed by atoms with Gasteiger partial charge < -0.3 is 5.11 Å². The largest absolute Gasteiger partial charge is 0.507 e. The minimum Gasteiger partial charge on any atom is -0.507 e. The highest BCUT2D eigenvalue weighted by Crippen LogP contribution is 2.42. The second-order valence-electron chi connectivity index (χ2n) is 7.11. The molecule has 4 nitrogen and oxygen atoms in total. The number of hydrogen-bond donors (Lipinski definition) is 1. The minimum atomic E-state index is -0.727. The van der Waals surface area contributed by atoms with Crippen molar-refractivity contribution in [3.05, 3.63) is 106 Å². The first-order valence-electron chi connectivity index (χ1n) is 9.72. The van der Waals surface area contributed by atoms with Crippen LogP contribution >= 0.6 is 11.6 Å². The zero-order valence-electron chi connectivity index (χ0n) is 16.4. The molecule has 30 heavy (non-hydrogen) atoms. The summed E-state index contributed by atoms with van der Waals surface area (Å²) in [5.74, 6) is -1.59. The van der Waals surface area contributed by atoms with E-state index < -0.39 is 17.7 Å². The monoisotopic (exact) mass is 417 g/mol. The lowest BCUT2D eigenvalue weighted by Crippen LogP contribution is -2.29. The number of halogens is 1. The van der Waals surface area contributed by atoms with Crippen LogP contribution in [0, 0.1) is 0 Å². The molecule has 0 bridgehead atoms. The molecular weight excluding hydrogens is 398 g/mol. The zero-order chi connectivity index (χ0) is 21.3. The molecule has 1 atom stereocenters.